The SMILES string of the molecule is COc1ccc(CCC(=O)N[C@@H](C(=O)O)C(C)C)cc1OC. The zero-order chi connectivity index (χ0) is 16.7. The van der Waals surface area contributed by atoms with Gasteiger partial charge in [0.25, 0.3) is 0 Å². The number of carbonyl (C=O) groups excluding carboxylic acids is 1. The Bertz CT molecular complexity index is 527. The average molecular weight is 309 g/mol. The lowest BCUT2D eigenvalue weighted by Gasteiger charge is -2.17. The van der Waals surface area contributed by atoms with Gasteiger partial charge in [-0.3, -0.25) is 4.79 Å². The highest BCUT2D eigenvalue weighted by Gasteiger charge is 2.23. The van der Waals surface area contributed by atoms with E-state index < -0.39 is 12.0 Å². The molecule has 0 unspecified atom stereocenters. The van der Waals surface area contributed by atoms with E-state index in [-0.39, 0.29) is 18.2 Å². The summed E-state index contributed by atoms with van der Waals surface area (Å²) in [4.78, 5) is 22.9. The molecule has 0 bridgehead atoms. The molecule has 0 saturated heterocycles. The van der Waals surface area contributed by atoms with E-state index in [0.29, 0.717) is 17.9 Å². The first kappa shape index (κ1) is 17.8. The molecule has 6 nitrogen and oxygen atoms in total. The van der Waals surface area contributed by atoms with Gasteiger partial charge in [-0.1, -0.05) is 19.9 Å². The second-order valence-corrected chi connectivity index (χ2v) is 5.32. The maximum absolute atomic E-state index is 11.9. The molecule has 122 valence electrons. The van der Waals surface area contributed by atoms with Crippen molar-refractivity contribution in [3.63, 3.8) is 0 Å². The summed E-state index contributed by atoms with van der Waals surface area (Å²) in [6.07, 6.45) is 0.711. The van der Waals surface area contributed by atoms with Crippen LogP contribution >= 0.6 is 0 Å². The van der Waals surface area contributed by atoms with Gasteiger partial charge in [0.05, 0.1) is 14.2 Å². The lowest BCUT2D eigenvalue weighted by molar-refractivity contribution is -0.143. The van der Waals surface area contributed by atoms with Gasteiger partial charge in [-0.2, -0.15) is 0 Å². The quantitative estimate of drug-likeness (QED) is 0.765. The largest absolute Gasteiger partial charge is 0.493 e. The number of aryl methyl sites for hydroxylation is 1. The monoisotopic (exact) mass is 309 g/mol. The number of carboxylic acid groups (broad SMARTS) is 1. The Hall–Kier alpha value is -2.24. The third kappa shape index (κ3) is 4.95. The molecular formula is C16H23NO5. The molecule has 1 rings (SSSR count). The number of hydrogen-bond donors (Lipinski definition) is 2. The van der Waals surface area contributed by atoms with Gasteiger partial charge < -0.3 is 19.9 Å². The van der Waals surface area contributed by atoms with Crippen LogP contribution in [-0.2, 0) is 16.0 Å². The van der Waals surface area contributed by atoms with E-state index in [4.69, 9.17) is 14.6 Å². The van der Waals surface area contributed by atoms with E-state index in [1.807, 2.05) is 12.1 Å². The fourth-order valence-corrected chi connectivity index (χ4v) is 2.05. The summed E-state index contributed by atoms with van der Waals surface area (Å²) in [5, 5.41) is 11.6. The van der Waals surface area contributed by atoms with Crippen molar-refractivity contribution in [2.24, 2.45) is 5.92 Å². The number of rotatable bonds is 8. The molecule has 0 radical (unpaired) electrons. The minimum atomic E-state index is -1.02. The minimum Gasteiger partial charge on any atom is -0.493 e. The van der Waals surface area contributed by atoms with E-state index in [9.17, 15) is 9.59 Å². The van der Waals surface area contributed by atoms with E-state index in [0.717, 1.165) is 5.56 Å². The molecule has 0 aliphatic rings. The Balaban J connectivity index is 2.62. The van der Waals surface area contributed by atoms with Crippen LogP contribution in [0.5, 0.6) is 11.5 Å². The van der Waals surface area contributed by atoms with E-state index >= 15 is 0 Å². The van der Waals surface area contributed by atoms with Crippen LogP contribution in [0.4, 0.5) is 0 Å². The van der Waals surface area contributed by atoms with E-state index in [1.165, 1.54) is 0 Å². The maximum Gasteiger partial charge on any atom is 0.326 e. The highest BCUT2D eigenvalue weighted by molar-refractivity contribution is 5.83. The number of ether oxygens (including phenoxy) is 2. The molecule has 0 fully saturated rings. The van der Waals surface area contributed by atoms with Crippen molar-refractivity contribution in [2.75, 3.05) is 14.2 Å². The Kier molecular flexibility index (Phi) is 6.69. The van der Waals surface area contributed by atoms with Gasteiger partial charge in [-0.25, -0.2) is 4.79 Å². The normalized spacial score (nSPS) is 11.9. The Morgan fingerprint density at radius 2 is 1.82 bits per heavy atom. The topological polar surface area (TPSA) is 84.9 Å². The zero-order valence-electron chi connectivity index (χ0n) is 13.4. The summed E-state index contributed by atoms with van der Waals surface area (Å²) in [5.41, 5.74) is 0.921. The standard InChI is InChI=1S/C16H23NO5/c1-10(2)15(16(19)20)17-14(18)8-6-11-5-7-12(21-3)13(9-11)22-4/h5,7,9-10,15H,6,8H2,1-4H3,(H,17,18)(H,19,20)/t15-/m1/s1. The summed E-state index contributed by atoms with van der Waals surface area (Å²) in [6.45, 7) is 3.51. The van der Waals surface area contributed by atoms with Gasteiger partial charge in [0.15, 0.2) is 11.5 Å². The van der Waals surface area contributed by atoms with Crippen LogP contribution < -0.4 is 14.8 Å². The van der Waals surface area contributed by atoms with Gasteiger partial charge in [0.2, 0.25) is 5.91 Å². The van der Waals surface area contributed by atoms with Crippen LogP contribution in [0.3, 0.4) is 0 Å². The lowest BCUT2D eigenvalue weighted by atomic mass is 10.0. The summed E-state index contributed by atoms with van der Waals surface area (Å²) >= 11 is 0. The second-order valence-electron chi connectivity index (χ2n) is 5.32. The van der Waals surface area contributed by atoms with Gasteiger partial charge in [-0.15, -0.1) is 0 Å². The molecule has 0 aromatic heterocycles. The Morgan fingerprint density at radius 3 is 2.32 bits per heavy atom. The number of nitrogens with one attached hydrogen (secondary N) is 1. The number of carboxylic acids is 1. The van der Waals surface area contributed by atoms with Gasteiger partial charge in [0.1, 0.15) is 6.04 Å². The number of methoxy groups -OCH3 is 2. The minimum absolute atomic E-state index is 0.164. The van der Waals surface area contributed by atoms with Crippen molar-refractivity contribution in [3.8, 4) is 11.5 Å². The first-order chi connectivity index (χ1) is 10.4. The van der Waals surface area contributed by atoms with E-state index in [1.54, 1.807) is 34.1 Å². The molecule has 1 aromatic rings. The van der Waals surface area contributed by atoms with Crippen molar-refractivity contribution >= 4 is 11.9 Å². The molecule has 0 saturated carbocycles. The molecule has 0 spiro atoms. The number of carbonyl (C=O) groups is 2. The Labute approximate surface area is 130 Å². The predicted octanol–water partition coefficient (Wildman–Crippen LogP) is 1.86. The van der Waals surface area contributed by atoms with Crippen LogP contribution in [0, 0.1) is 5.92 Å². The first-order valence-corrected chi connectivity index (χ1v) is 7.12. The van der Waals surface area contributed by atoms with Crippen molar-refractivity contribution in [3.05, 3.63) is 23.8 Å². The molecule has 0 aliphatic heterocycles. The number of benzene rings is 1. The average Bonchev–Trinajstić information content (AvgIpc) is 2.49. The fraction of sp³-hybridized carbons (Fsp3) is 0.500. The van der Waals surface area contributed by atoms with Crippen LogP contribution in [0.1, 0.15) is 25.8 Å². The van der Waals surface area contributed by atoms with Crippen molar-refractivity contribution < 1.29 is 24.2 Å². The molecular weight excluding hydrogens is 286 g/mol. The van der Waals surface area contributed by atoms with Gasteiger partial charge in [0, 0.05) is 6.42 Å². The number of hydrogen-bond acceptors (Lipinski definition) is 4. The van der Waals surface area contributed by atoms with Crippen LogP contribution in [-0.4, -0.2) is 37.2 Å². The van der Waals surface area contributed by atoms with Crippen molar-refractivity contribution in [2.45, 2.75) is 32.7 Å². The number of aliphatic carboxylic acids is 1. The molecule has 0 aliphatic carbocycles. The van der Waals surface area contributed by atoms with Crippen molar-refractivity contribution in [1.29, 1.82) is 0 Å². The summed E-state index contributed by atoms with van der Waals surface area (Å²) < 4.78 is 10.4. The summed E-state index contributed by atoms with van der Waals surface area (Å²) in [5.74, 6) is -0.236. The smallest absolute Gasteiger partial charge is 0.326 e. The first-order valence-electron chi connectivity index (χ1n) is 7.12. The Morgan fingerprint density at radius 1 is 1.18 bits per heavy atom. The van der Waals surface area contributed by atoms with Crippen molar-refractivity contribution in [1.82, 2.24) is 5.32 Å². The molecule has 2 N–H and O–H groups in total. The summed E-state index contributed by atoms with van der Waals surface area (Å²) in [6, 6.07) is 4.58. The molecule has 22 heavy (non-hydrogen) atoms. The van der Waals surface area contributed by atoms with Gasteiger partial charge >= 0.3 is 5.97 Å². The third-order valence-electron chi connectivity index (χ3n) is 3.34. The zero-order valence-corrected chi connectivity index (χ0v) is 13.4. The number of amides is 1. The highest BCUT2D eigenvalue weighted by Crippen LogP contribution is 2.27. The molecule has 1 aromatic carbocycles. The second kappa shape index (κ2) is 8.26. The molecule has 0 heterocycles. The van der Waals surface area contributed by atoms with Crippen LogP contribution in [0.2, 0.25) is 0 Å². The third-order valence-corrected chi connectivity index (χ3v) is 3.34. The summed E-state index contributed by atoms with van der Waals surface area (Å²) in [7, 11) is 3.11. The fourth-order valence-electron chi connectivity index (χ4n) is 2.05. The molecule has 1 amide bonds. The van der Waals surface area contributed by atoms with Crippen LogP contribution in [0.15, 0.2) is 18.2 Å². The maximum atomic E-state index is 11.9. The molecule has 6 heteroatoms. The van der Waals surface area contributed by atoms with E-state index in [2.05, 4.69) is 5.32 Å². The molecule has 1 atom stereocenters. The lowest BCUT2D eigenvalue weighted by Crippen LogP contribution is -2.44. The highest BCUT2D eigenvalue weighted by atomic mass is 16.5. The van der Waals surface area contributed by atoms with Gasteiger partial charge in [-0.05, 0) is 30.0 Å². The van der Waals surface area contributed by atoms with Crippen LogP contribution in [0.25, 0.3) is 0 Å². The predicted molar refractivity (Wildman–Crippen MR) is 82.3 cm³/mol.